The molecule has 1 atom stereocenters. The minimum atomic E-state index is -1.95. The van der Waals surface area contributed by atoms with Crippen molar-refractivity contribution >= 4 is 40.7 Å². The number of hydrogen-bond acceptors (Lipinski definition) is 4. The highest BCUT2D eigenvalue weighted by Crippen LogP contribution is 2.36. The van der Waals surface area contributed by atoms with Gasteiger partial charge in [-0.1, -0.05) is 34.8 Å². The second kappa shape index (κ2) is 5.87. The molecule has 0 aliphatic carbocycles. The van der Waals surface area contributed by atoms with Crippen LogP contribution in [0.15, 0.2) is 46.2 Å². The fourth-order valence-electron chi connectivity index (χ4n) is 1.47. The smallest absolute Gasteiger partial charge is 0.288 e. The molecule has 0 unspecified atom stereocenters. The molecule has 106 valence electrons. The second-order valence-corrected chi connectivity index (χ2v) is 6.09. The molecule has 0 saturated heterocycles. The van der Waals surface area contributed by atoms with Crippen molar-refractivity contribution in [3.05, 3.63) is 53.1 Å². The molecule has 2 aromatic rings. The molecule has 6 nitrogen and oxygen atoms in total. The third kappa shape index (κ3) is 3.33. The van der Waals surface area contributed by atoms with E-state index in [1.807, 2.05) is 0 Å². The maximum atomic E-state index is 11.9. The first kappa shape index (κ1) is 14.9. The van der Waals surface area contributed by atoms with Gasteiger partial charge in [0.2, 0.25) is 3.79 Å². The zero-order valence-corrected chi connectivity index (χ0v) is 12.1. The lowest BCUT2D eigenvalue weighted by Crippen LogP contribution is -2.44. The van der Waals surface area contributed by atoms with Crippen LogP contribution in [0.25, 0.3) is 0 Å². The Morgan fingerprint density at radius 1 is 1.40 bits per heavy atom. The molecule has 0 aliphatic rings. The van der Waals surface area contributed by atoms with E-state index in [0.29, 0.717) is 0 Å². The fourth-order valence-corrected chi connectivity index (χ4v) is 1.95. The van der Waals surface area contributed by atoms with Gasteiger partial charge in [-0.3, -0.25) is 14.2 Å². The van der Waals surface area contributed by atoms with Crippen LogP contribution < -0.4 is 10.9 Å². The molecule has 0 radical (unpaired) electrons. The summed E-state index contributed by atoms with van der Waals surface area (Å²) in [6, 6.07) is 4.16. The lowest BCUT2D eigenvalue weighted by Gasteiger charge is -2.26. The Morgan fingerprint density at radius 2 is 2.15 bits per heavy atom. The third-order valence-corrected chi connectivity index (χ3v) is 2.97. The lowest BCUT2D eigenvalue weighted by molar-refractivity contribution is 0.0891. The molecule has 2 rings (SSSR count). The van der Waals surface area contributed by atoms with E-state index in [4.69, 9.17) is 39.2 Å². The summed E-state index contributed by atoms with van der Waals surface area (Å²) in [6.45, 7) is 0. The molecule has 9 heteroatoms. The summed E-state index contributed by atoms with van der Waals surface area (Å²) >= 11 is 17.4. The van der Waals surface area contributed by atoms with Crippen molar-refractivity contribution in [1.82, 2.24) is 14.9 Å². The number of carbonyl (C=O) groups is 1. The van der Waals surface area contributed by atoms with Crippen LogP contribution in [0.1, 0.15) is 16.7 Å². The number of alkyl halides is 3. The number of aromatic nitrogens is 2. The second-order valence-electron chi connectivity index (χ2n) is 3.72. The average molecular weight is 337 g/mol. The van der Waals surface area contributed by atoms with Crippen LogP contribution in [0.3, 0.4) is 0 Å². The molecular weight excluding hydrogens is 328 g/mol. The van der Waals surface area contributed by atoms with Gasteiger partial charge in [-0.15, -0.1) is 0 Å². The van der Waals surface area contributed by atoms with Crippen LogP contribution in [-0.4, -0.2) is 19.3 Å². The number of nitrogens with zero attached hydrogens (tertiary/aromatic N) is 2. The molecule has 0 spiro atoms. The van der Waals surface area contributed by atoms with E-state index < -0.39 is 21.4 Å². The van der Waals surface area contributed by atoms with Gasteiger partial charge in [0, 0.05) is 12.3 Å². The lowest BCUT2D eigenvalue weighted by atomic mass is 10.4. The van der Waals surface area contributed by atoms with Crippen molar-refractivity contribution < 1.29 is 9.21 Å². The molecule has 0 fully saturated rings. The molecule has 1 amide bonds. The first-order valence-corrected chi connectivity index (χ1v) is 6.46. The number of rotatable bonds is 3. The monoisotopic (exact) mass is 335 g/mol. The van der Waals surface area contributed by atoms with Gasteiger partial charge in [-0.2, -0.15) is 0 Å². The molecular formula is C11H8Cl3N3O3. The molecule has 0 saturated carbocycles. The van der Waals surface area contributed by atoms with E-state index in [9.17, 15) is 9.59 Å². The zero-order chi connectivity index (χ0) is 14.8. The van der Waals surface area contributed by atoms with E-state index in [2.05, 4.69) is 10.3 Å². The Balaban J connectivity index is 2.33. The number of halogens is 3. The Hall–Kier alpha value is -1.50. The van der Waals surface area contributed by atoms with E-state index in [-0.39, 0.29) is 5.76 Å². The van der Waals surface area contributed by atoms with E-state index in [1.165, 1.54) is 30.7 Å². The summed E-state index contributed by atoms with van der Waals surface area (Å²) in [4.78, 5) is 27.4. The van der Waals surface area contributed by atoms with Crippen LogP contribution in [0, 0.1) is 0 Å². The predicted molar refractivity (Wildman–Crippen MR) is 74.0 cm³/mol. The normalized spacial score (nSPS) is 12.9. The largest absolute Gasteiger partial charge is 0.459 e. The van der Waals surface area contributed by atoms with Crippen molar-refractivity contribution in [2.45, 2.75) is 9.96 Å². The topological polar surface area (TPSA) is 77.1 Å². The SMILES string of the molecule is O=C(N[C@@H](n1cnccc1=O)C(Cl)(Cl)Cl)c1ccco1. The molecule has 0 bridgehead atoms. The molecule has 20 heavy (non-hydrogen) atoms. The molecule has 0 aliphatic heterocycles. The summed E-state index contributed by atoms with van der Waals surface area (Å²) in [5.74, 6) is -0.594. The van der Waals surface area contributed by atoms with Crippen molar-refractivity contribution in [3.63, 3.8) is 0 Å². The van der Waals surface area contributed by atoms with Crippen LogP contribution in [-0.2, 0) is 0 Å². The van der Waals surface area contributed by atoms with Crippen LogP contribution in [0.4, 0.5) is 0 Å². The third-order valence-electron chi connectivity index (χ3n) is 2.35. The van der Waals surface area contributed by atoms with Crippen LogP contribution in [0.2, 0.25) is 0 Å². The van der Waals surface area contributed by atoms with Gasteiger partial charge in [0.25, 0.3) is 11.5 Å². The van der Waals surface area contributed by atoms with Gasteiger partial charge in [-0.25, -0.2) is 4.98 Å². The quantitative estimate of drug-likeness (QED) is 0.871. The first-order chi connectivity index (χ1) is 9.39. The highest BCUT2D eigenvalue weighted by atomic mass is 35.6. The van der Waals surface area contributed by atoms with Crippen molar-refractivity contribution in [2.24, 2.45) is 0 Å². The minimum Gasteiger partial charge on any atom is -0.459 e. The van der Waals surface area contributed by atoms with Gasteiger partial charge >= 0.3 is 0 Å². The van der Waals surface area contributed by atoms with E-state index in [1.54, 1.807) is 0 Å². The molecule has 2 aromatic heterocycles. The molecule has 0 aromatic carbocycles. The maximum absolute atomic E-state index is 11.9. The van der Waals surface area contributed by atoms with Gasteiger partial charge in [0.15, 0.2) is 11.9 Å². The highest BCUT2D eigenvalue weighted by Gasteiger charge is 2.36. The van der Waals surface area contributed by atoms with Crippen LogP contribution >= 0.6 is 34.8 Å². The molecule has 1 N–H and O–H groups in total. The van der Waals surface area contributed by atoms with Gasteiger partial charge < -0.3 is 9.73 Å². The number of nitrogens with one attached hydrogen (secondary N) is 1. The summed E-state index contributed by atoms with van der Waals surface area (Å²) in [5.41, 5.74) is -0.476. The Bertz CT molecular complexity index is 649. The van der Waals surface area contributed by atoms with Gasteiger partial charge in [-0.05, 0) is 12.1 Å². The van der Waals surface area contributed by atoms with Gasteiger partial charge in [0.05, 0.1) is 12.6 Å². The predicted octanol–water partition coefficient (Wildman–Crippen LogP) is 2.14. The average Bonchev–Trinajstić information content (AvgIpc) is 2.89. The van der Waals surface area contributed by atoms with Crippen molar-refractivity contribution in [2.75, 3.05) is 0 Å². The number of furan rings is 1. The summed E-state index contributed by atoms with van der Waals surface area (Å²) in [7, 11) is 0. The number of carbonyl (C=O) groups excluding carboxylic acids is 1. The Morgan fingerprint density at radius 3 is 2.70 bits per heavy atom. The minimum absolute atomic E-state index is 0.0289. The zero-order valence-electron chi connectivity index (χ0n) is 9.79. The fraction of sp³-hybridized carbons (Fsp3) is 0.182. The van der Waals surface area contributed by atoms with E-state index in [0.717, 1.165) is 10.9 Å². The highest BCUT2D eigenvalue weighted by molar-refractivity contribution is 6.67. The first-order valence-electron chi connectivity index (χ1n) is 5.33. The Kier molecular flexibility index (Phi) is 4.37. The standard InChI is InChI=1S/C11H8Cl3N3O3/c12-11(13,14)10(17-6-15-4-3-8(17)18)16-9(19)7-2-1-5-20-7/h1-6,10H,(H,16,19)/t10-/m0/s1. The Labute approximate surface area is 128 Å². The number of hydrogen-bond donors (Lipinski definition) is 1. The maximum Gasteiger partial charge on any atom is 0.288 e. The van der Waals surface area contributed by atoms with Crippen molar-refractivity contribution in [3.8, 4) is 0 Å². The van der Waals surface area contributed by atoms with Crippen molar-refractivity contribution in [1.29, 1.82) is 0 Å². The van der Waals surface area contributed by atoms with Gasteiger partial charge in [0.1, 0.15) is 0 Å². The molecule has 2 heterocycles. The van der Waals surface area contributed by atoms with Crippen LogP contribution in [0.5, 0.6) is 0 Å². The summed E-state index contributed by atoms with van der Waals surface area (Å²) in [5, 5.41) is 2.41. The summed E-state index contributed by atoms with van der Waals surface area (Å²) in [6.07, 6.45) is 2.56. The summed E-state index contributed by atoms with van der Waals surface area (Å²) < 4.78 is 3.99. The number of amides is 1. The van der Waals surface area contributed by atoms with E-state index >= 15 is 0 Å².